The van der Waals surface area contributed by atoms with Crippen LogP contribution < -0.4 is 27.1 Å². The van der Waals surface area contributed by atoms with Crippen molar-refractivity contribution in [2.24, 2.45) is 11.7 Å². The lowest BCUT2D eigenvalue weighted by atomic mass is 9.93. The van der Waals surface area contributed by atoms with Gasteiger partial charge in [0.25, 0.3) is 0 Å². The predicted octanol–water partition coefficient (Wildman–Crippen LogP) is -1.05. The molecule has 0 aromatic heterocycles. The summed E-state index contributed by atoms with van der Waals surface area (Å²) >= 11 is 6.65. The van der Waals surface area contributed by atoms with E-state index in [0.29, 0.717) is 16.7 Å². The first kappa shape index (κ1) is 25.7. The number of piperidine rings is 1. The van der Waals surface area contributed by atoms with Crippen LogP contribution in [-0.2, 0) is 9.53 Å². The summed E-state index contributed by atoms with van der Waals surface area (Å²) in [7, 11) is 0. The van der Waals surface area contributed by atoms with Gasteiger partial charge in [0.1, 0.15) is 24.7 Å². The third-order valence-corrected chi connectivity index (χ3v) is 10.4. The molecule has 1 aliphatic carbocycles. The molecule has 36 heavy (non-hydrogen) atoms. The number of rotatable bonds is 5. The Hall–Kier alpha value is -0.560. The van der Waals surface area contributed by atoms with Gasteiger partial charge < -0.3 is 21.1 Å². The van der Waals surface area contributed by atoms with E-state index in [-0.39, 0.29) is 41.1 Å². The molecule has 6 rings (SSSR count). The van der Waals surface area contributed by atoms with Crippen LogP contribution in [0.15, 0.2) is 0 Å². The van der Waals surface area contributed by atoms with Crippen molar-refractivity contribution < 1.29 is 14.1 Å². The highest BCUT2D eigenvalue weighted by molar-refractivity contribution is 6.21. The van der Waals surface area contributed by atoms with E-state index in [4.69, 9.17) is 22.1 Å². The zero-order valence-corrected chi connectivity index (χ0v) is 22.5. The lowest BCUT2D eigenvalue weighted by Gasteiger charge is -2.52. The standard InChI is InChI=1S/C25H45ClN8O2/c1-25(15-36-16-25)33-10-8-32(9-11-33)20-6-7-28-13-19(20)30-24(35)21-22(27)31-34(18-4-2-3-5-18)14-17(26)12-29-23(21)34/h17-23,28-29,31H,2-16,27H2,1H3/p+1. The first-order chi connectivity index (χ1) is 17.4. The molecular formula is C25H46ClN8O2+. The number of piperazine rings is 1. The molecule has 6 aliphatic rings. The lowest BCUT2D eigenvalue weighted by molar-refractivity contribution is -1.01. The number of ether oxygens (including phenoxy) is 1. The van der Waals surface area contributed by atoms with E-state index >= 15 is 0 Å². The van der Waals surface area contributed by atoms with E-state index in [1.807, 2.05) is 0 Å². The number of hydrogen-bond donors (Lipinski definition) is 5. The van der Waals surface area contributed by atoms with Crippen LogP contribution in [0.1, 0.15) is 39.0 Å². The highest BCUT2D eigenvalue weighted by Gasteiger charge is 2.62. The summed E-state index contributed by atoms with van der Waals surface area (Å²) in [5.41, 5.74) is 10.6. The number of halogens is 1. The normalized spacial score (nSPS) is 44.2. The summed E-state index contributed by atoms with van der Waals surface area (Å²) in [5, 5.41) is 10.7. The molecule has 204 valence electrons. The average Bonchev–Trinajstić information content (AvgIpc) is 3.49. The Labute approximate surface area is 220 Å². The van der Waals surface area contributed by atoms with Crippen LogP contribution in [0.25, 0.3) is 0 Å². The summed E-state index contributed by atoms with van der Waals surface area (Å²) in [4.78, 5) is 19.1. The van der Waals surface area contributed by atoms with Crippen molar-refractivity contribution in [3.05, 3.63) is 0 Å². The van der Waals surface area contributed by atoms with E-state index in [2.05, 4.69) is 38.1 Å². The molecule has 5 heterocycles. The molecule has 11 heteroatoms. The Kier molecular flexibility index (Phi) is 7.28. The molecule has 5 aliphatic heterocycles. The summed E-state index contributed by atoms with van der Waals surface area (Å²) in [5.74, 6) is -0.234. The number of nitrogens with zero attached hydrogens (tertiary/aromatic N) is 3. The molecule has 0 aromatic carbocycles. The molecule has 1 saturated carbocycles. The van der Waals surface area contributed by atoms with Crippen LogP contribution in [0, 0.1) is 5.92 Å². The molecule has 5 saturated heterocycles. The maximum atomic E-state index is 13.9. The summed E-state index contributed by atoms with van der Waals surface area (Å²) in [6.07, 6.45) is 5.47. The van der Waals surface area contributed by atoms with Crippen molar-refractivity contribution in [3.8, 4) is 0 Å². The molecule has 6 N–H and O–H groups in total. The van der Waals surface area contributed by atoms with E-state index in [0.717, 1.165) is 72.0 Å². The fourth-order valence-electron chi connectivity index (χ4n) is 8.05. The zero-order chi connectivity index (χ0) is 24.9. The summed E-state index contributed by atoms with van der Waals surface area (Å²) < 4.78 is 6.15. The fraction of sp³-hybridized carbons (Fsp3) is 0.960. The van der Waals surface area contributed by atoms with Crippen LogP contribution in [0.3, 0.4) is 0 Å². The van der Waals surface area contributed by atoms with Crippen molar-refractivity contribution >= 4 is 17.5 Å². The van der Waals surface area contributed by atoms with Gasteiger partial charge >= 0.3 is 0 Å². The number of fused-ring (bicyclic) bond motifs is 1. The third kappa shape index (κ3) is 4.50. The Morgan fingerprint density at radius 3 is 2.58 bits per heavy atom. The minimum Gasteiger partial charge on any atom is -0.377 e. The fourth-order valence-corrected chi connectivity index (χ4v) is 8.37. The predicted molar refractivity (Wildman–Crippen MR) is 139 cm³/mol. The van der Waals surface area contributed by atoms with Crippen molar-refractivity contribution in [3.63, 3.8) is 0 Å². The molecule has 0 radical (unpaired) electrons. The largest absolute Gasteiger partial charge is 0.377 e. The third-order valence-electron chi connectivity index (χ3n) is 10.1. The molecule has 7 atom stereocenters. The quantitative estimate of drug-likeness (QED) is 0.229. The highest BCUT2D eigenvalue weighted by Crippen LogP contribution is 2.39. The average molecular weight is 526 g/mol. The van der Waals surface area contributed by atoms with Gasteiger partial charge in [-0.1, -0.05) is 0 Å². The minimum atomic E-state index is -0.381. The van der Waals surface area contributed by atoms with Gasteiger partial charge in [-0.05, 0) is 32.7 Å². The van der Waals surface area contributed by atoms with Gasteiger partial charge in [0.05, 0.1) is 30.2 Å². The molecule has 10 nitrogen and oxygen atoms in total. The van der Waals surface area contributed by atoms with Gasteiger partial charge in [-0.2, -0.15) is 0 Å². The van der Waals surface area contributed by atoms with E-state index < -0.39 is 0 Å². The van der Waals surface area contributed by atoms with Gasteiger partial charge in [0, 0.05) is 58.2 Å². The van der Waals surface area contributed by atoms with Gasteiger partial charge in [0.2, 0.25) is 5.91 Å². The second-order valence-corrected chi connectivity index (χ2v) is 13.0. The van der Waals surface area contributed by atoms with Crippen LogP contribution in [0.2, 0.25) is 0 Å². The number of hydrogen-bond acceptors (Lipinski definition) is 8. The van der Waals surface area contributed by atoms with E-state index in [1.165, 1.54) is 25.7 Å². The van der Waals surface area contributed by atoms with Gasteiger partial charge in [-0.3, -0.25) is 19.9 Å². The van der Waals surface area contributed by atoms with Crippen LogP contribution >= 0.6 is 11.6 Å². The van der Waals surface area contributed by atoms with Crippen LogP contribution in [-0.4, -0.2) is 127 Å². The van der Waals surface area contributed by atoms with Crippen molar-refractivity contribution in [2.45, 2.75) is 80.4 Å². The zero-order valence-electron chi connectivity index (χ0n) is 21.8. The van der Waals surface area contributed by atoms with Crippen molar-refractivity contribution in [1.82, 2.24) is 31.2 Å². The maximum absolute atomic E-state index is 13.9. The summed E-state index contributed by atoms with van der Waals surface area (Å²) in [6.45, 7) is 11.6. The molecule has 1 amide bonds. The first-order valence-electron chi connectivity index (χ1n) is 14.3. The van der Waals surface area contributed by atoms with E-state index in [1.54, 1.807) is 0 Å². The second-order valence-electron chi connectivity index (χ2n) is 12.4. The number of carbonyl (C=O) groups excluding carboxylic acids is 1. The molecule has 6 fully saturated rings. The second kappa shape index (κ2) is 10.2. The highest BCUT2D eigenvalue weighted by atomic mass is 35.5. The number of nitrogens with two attached hydrogens (primary N) is 1. The van der Waals surface area contributed by atoms with Gasteiger partial charge in [-0.15, -0.1) is 17.0 Å². The van der Waals surface area contributed by atoms with Gasteiger partial charge in [0.15, 0.2) is 6.17 Å². The molecule has 0 bridgehead atoms. The molecular weight excluding hydrogens is 480 g/mol. The Bertz CT molecular complexity index is 803. The van der Waals surface area contributed by atoms with E-state index in [9.17, 15) is 4.79 Å². The smallest absolute Gasteiger partial charge is 0.234 e. The van der Waals surface area contributed by atoms with Crippen LogP contribution in [0.5, 0.6) is 0 Å². The summed E-state index contributed by atoms with van der Waals surface area (Å²) in [6, 6.07) is 0.913. The molecule has 7 unspecified atom stereocenters. The molecule has 0 aromatic rings. The minimum absolute atomic E-state index is 0.0258. The van der Waals surface area contributed by atoms with Crippen LogP contribution in [0.4, 0.5) is 0 Å². The Balaban J connectivity index is 1.13. The lowest BCUT2D eigenvalue weighted by Crippen LogP contribution is -2.74. The number of nitrogens with one attached hydrogen (secondary N) is 4. The van der Waals surface area contributed by atoms with Crippen molar-refractivity contribution in [1.29, 1.82) is 0 Å². The Morgan fingerprint density at radius 2 is 1.89 bits per heavy atom. The number of quaternary nitrogens is 1. The maximum Gasteiger partial charge on any atom is 0.234 e. The number of amides is 1. The topological polar surface area (TPSA) is 107 Å². The monoisotopic (exact) mass is 525 g/mol. The SMILES string of the molecule is CC1(N2CCN(C3CCNCC3NC(=O)C3C(N)N[N+]4(C5CCCC5)CC(Cl)CNC34)CC2)COC1. The molecule has 0 spiro atoms. The van der Waals surface area contributed by atoms with Gasteiger partial charge in [-0.25, -0.2) is 4.59 Å². The Morgan fingerprint density at radius 1 is 1.14 bits per heavy atom. The first-order valence-corrected chi connectivity index (χ1v) is 14.7. The van der Waals surface area contributed by atoms with Crippen molar-refractivity contribution in [2.75, 3.05) is 65.6 Å². The number of alkyl halides is 1. The number of carbonyl (C=O) groups is 1.